The molecule has 0 bridgehead atoms. The molecule has 0 saturated heterocycles. The van der Waals surface area contributed by atoms with E-state index >= 15 is 0 Å². The van der Waals surface area contributed by atoms with E-state index < -0.39 is 0 Å². The van der Waals surface area contributed by atoms with Crippen LogP contribution in [0, 0.1) is 13.8 Å². The van der Waals surface area contributed by atoms with E-state index in [1.807, 2.05) is 36.1 Å². The van der Waals surface area contributed by atoms with Crippen molar-refractivity contribution in [3.05, 3.63) is 70.3 Å². The molecule has 2 aromatic rings. The summed E-state index contributed by atoms with van der Waals surface area (Å²) in [4.78, 5) is 14.4. The summed E-state index contributed by atoms with van der Waals surface area (Å²) >= 11 is 0. The Balaban J connectivity index is 1.89. The Morgan fingerprint density at radius 3 is 2.47 bits per heavy atom. The number of fused-ring (bicyclic) bond motifs is 1. The Kier molecular flexibility index (Phi) is 2.86. The predicted molar refractivity (Wildman–Crippen MR) is 75.9 cm³/mol. The van der Waals surface area contributed by atoms with E-state index in [0.717, 1.165) is 23.2 Å². The number of amides is 1. The first-order valence-corrected chi connectivity index (χ1v) is 6.59. The maximum Gasteiger partial charge on any atom is 0.255 e. The molecule has 2 aromatic carbocycles. The van der Waals surface area contributed by atoms with Crippen LogP contribution < -0.4 is 0 Å². The average molecular weight is 251 g/mol. The number of hydrogen-bond donors (Lipinski definition) is 0. The lowest BCUT2D eigenvalue weighted by atomic mass is 10.0. The van der Waals surface area contributed by atoms with Gasteiger partial charge in [-0.15, -0.1) is 0 Å². The summed E-state index contributed by atoms with van der Waals surface area (Å²) in [6, 6.07) is 14.3. The molecule has 2 nitrogen and oxygen atoms in total. The van der Waals surface area contributed by atoms with Crippen LogP contribution in [0.15, 0.2) is 42.5 Å². The minimum Gasteiger partial charge on any atom is -0.330 e. The highest BCUT2D eigenvalue weighted by Gasteiger charge is 2.28. The van der Waals surface area contributed by atoms with Gasteiger partial charge in [0, 0.05) is 18.7 Å². The second kappa shape index (κ2) is 4.54. The van der Waals surface area contributed by atoms with Gasteiger partial charge in [0.1, 0.15) is 0 Å². The lowest BCUT2D eigenvalue weighted by molar-refractivity contribution is 0.0766. The van der Waals surface area contributed by atoms with E-state index in [-0.39, 0.29) is 5.91 Å². The third-order valence-corrected chi connectivity index (χ3v) is 3.84. The van der Waals surface area contributed by atoms with Gasteiger partial charge in [-0.2, -0.15) is 0 Å². The summed E-state index contributed by atoms with van der Waals surface area (Å²) < 4.78 is 0. The van der Waals surface area contributed by atoms with Crippen LogP contribution in [-0.4, -0.2) is 10.8 Å². The summed E-state index contributed by atoms with van der Waals surface area (Å²) in [5, 5.41) is 0. The van der Waals surface area contributed by atoms with Crippen molar-refractivity contribution in [1.29, 1.82) is 0 Å². The third-order valence-electron chi connectivity index (χ3n) is 3.84. The first-order valence-electron chi connectivity index (χ1n) is 6.59. The predicted octanol–water partition coefficient (Wildman–Crippen LogP) is 3.46. The Morgan fingerprint density at radius 1 is 1.00 bits per heavy atom. The number of aryl methyl sites for hydroxylation is 2. The molecule has 1 aliphatic rings. The van der Waals surface area contributed by atoms with Gasteiger partial charge in [-0.05, 0) is 36.1 Å². The van der Waals surface area contributed by atoms with E-state index in [0.29, 0.717) is 6.54 Å². The van der Waals surface area contributed by atoms with Crippen LogP contribution in [0.4, 0.5) is 0 Å². The average Bonchev–Trinajstić information content (AvgIpc) is 2.71. The molecule has 0 radical (unpaired) electrons. The minimum absolute atomic E-state index is 0.163. The van der Waals surface area contributed by atoms with E-state index in [9.17, 15) is 4.79 Å². The van der Waals surface area contributed by atoms with Gasteiger partial charge < -0.3 is 4.90 Å². The topological polar surface area (TPSA) is 20.3 Å². The fourth-order valence-electron chi connectivity index (χ4n) is 2.72. The fraction of sp³-hybridized carbons (Fsp3) is 0.235. The summed E-state index contributed by atoms with van der Waals surface area (Å²) in [6.07, 6.45) is 0. The van der Waals surface area contributed by atoms with Crippen molar-refractivity contribution in [2.24, 2.45) is 0 Å². The van der Waals surface area contributed by atoms with Gasteiger partial charge in [-0.3, -0.25) is 4.79 Å². The van der Waals surface area contributed by atoms with Crippen molar-refractivity contribution in [2.75, 3.05) is 0 Å². The fourth-order valence-corrected chi connectivity index (χ4v) is 2.72. The highest BCUT2D eigenvalue weighted by molar-refractivity contribution is 5.99. The molecule has 0 aliphatic carbocycles. The zero-order valence-corrected chi connectivity index (χ0v) is 11.3. The van der Waals surface area contributed by atoms with Gasteiger partial charge in [0.15, 0.2) is 0 Å². The van der Waals surface area contributed by atoms with Gasteiger partial charge in [0.2, 0.25) is 0 Å². The van der Waals surface area contributed by atoms with Crippen LogP contribution in [0.1, 0.15) is 32.6 Å². The Hall–Kier alpha value is -2.09. The number of carbonyl (C=O) groups excluding carboxylic acids is 1. The summed E-state index contributed by atoms with van der Waals surface area (Å²) in [7, 11) is 0. The van der Waals surface area contributed by atoms with E-state index in [1.54, 1.807) is 0 Å². The number of hydrogen-bond acceptors (Lipinski definition) is 1. The van der Waals surface area contributed by atoms with Gasteiger partial charge in [-0.1, -0.05) is 42.5 Å². The number of nitrogens with zero attached hydrogens (tertiary/aromatic N) is 1. The number of carbonyl (C=O) groups is 1. The van der Waals surface area contributed by atoms with Crippen molar-refractivity contribution in [1.82, 2.24) is 4.90 Å². The van der Waals surface area contributed by atoms with Crippen LogP contribution in [0.2, 0.25) is 0 Å². The highest BCUT2D eigenvalue weighted by atomic mass is 16.2. The molecule has 0 spiro atoms. The molecule has 0 atom stereocenters. The molecule has 0 fully saturated rings. The van der Waals surface area contributed by atoms with Gasteiger partial charge >= 0.3 is 0 Å². The summed E-state index contributed by atoms with van der Waals surface area (Å²) in [6.45, 7) is 5.52. The maximum absolute atomic E-state index is 12.5. The molecule has 19 heavy (non-hydrogen) atoms. The molecule has 1 amide bonds. The second-order valence-corrected chi connectivity index (χ2v) is 5.20. The standard InChI is InChI=1S/C17H17NO/c1-12-6-3-4-8-14(12)10-18-11-15-9-5-7-13(2)16(15)17(18)19/h3-9H,10-11H2,1-2H3. The Bertz CT molecular complexity index is 645. The number of rotatable bonds is 2. The quantitative estimate of drug-likeness (QED) is 0.800. The lowest BCUT2D eigenvalue weighted by Gasteiger charge is -2.17. The largest absolute Gasteiger partial charge is 0.330 e. The van der Waals surface area contributed by atoms with E-state index in [1.165, 1.54) is 11.1 Å². The van der Waals surface area contributed by atoms with Crippen LogP contribution in [0.3, 0.4) is 0 Å². The molecule has 1 aliphatic heterocycles. The van der Waals surface area contributed by atoms with Gasteiger partial charge in [0.05, 0.1) is 0 Å². The minimum atomic E-state index is 0.163. The normalized spacial score (nSPS) is 13.8. The lowest BCUT2D eigenvalue weighted by Crippen LogP contribution is -2.23. The monoisotopic (exact) mass is 251 g/mol. The zero-order valence-electron chi connectivity index (χ0n) is 11.3. The molecule has 0 unspecified atom stereocenters. The number of benzene rings is 2. The molecular weight excluding hydrogens is 234 g/mol. The van der Waals surface area contributed by atoms with Crippen LogP contribution in [0.25, 0.3) is 0 Å². The Morgan fingerprint density at radius 2 is 1.74 bits per heavy atom. The summed E-state index contributed by atoms with van der Waals surface area (Å²) in [5.74, 6) is 0.163. The first-order chi connectivity index (χ1) is 9.16. The van der Waals surface area contributed by atoms with Crippen molar-refractivity contribution < 1.29 is 4.79 Å². The van der Waals surface area contributed by atoms with Crippen molar-refractivity contribution >= 4 is 5.91 Å². The smallest absolute Gasteiger partial charge is 0.255 e. The molecule has 1 heterocycles. The van der Waals surface area contributed by atoms with Crippen molar-refractivity contribution in [3.8, 4) is 0 Å². The van der Waals surface area contributed by atoms with E-state index in [2.05, 4.69) is 25.1 Å². The van der Waals surface area contributed by atoms with Crippen LogP contribution in [0.5, 0.6) is 0 Å². The van der Waals surface area contributed by atoms with E-state index in [4.69, 9.17) is 0 Å². The first kappa shape index (κ1) is 12.0. The molecule has 0 saturated carbocycles. The molecular formula is C17H17NO. The van der Waals surface area contributed by atoms with Crippen LogP contribution in [-0.2, 0) is 13.1 Å². The molecule has 0 aromatic heterocycles. The highest BCUT2D eigenvalue weighted by Crippen LogP contribution is 2.27. The SMILES string of the molecule is Cc1ccccc1CN1Cc2cccc(C)c2C1=O. The summed E-state index contributed by atoms with van der Waals surface area (Å²) in [5.41, 5.74) is 5.59. The van der Waals surface area contributed by atoms with Gasteiger partial charge in [-0.25, -0.2) is 0 Å². The zero-order chi connectivity index (χ0) is 13.4. The Labute approximate surface area is 113 Å². The van der Waals surface area contributed by atoms with Crippen LogP contribution >= 0.6 is 0 Å². The molecule has 96 valence electrons. The molecule has 3 rings (SSSR count). The third kappa shape index (κ3) is 2.03. The second-order valence-electron chi connectivity index (χ2n) is 5.20. The molecule has 2 heteroatoms. The van der Waals surface area contributed by atoms with Crippen molar-refractivity contribution in [2.45, 2.75) is 26.9 Å². The molecule has 0 N–H and O–H groups in total. The van der Waals surface area contributed by atoms with Crippen molar-refractivity contribution in [3.63, 3.8) is 0 Å². The maximum atomic E-state index is 12.5. The van der Waals surface area contributed by atoms with Gasteiger partial charge in [0.25, 0.3) is 5.91 Å².